The van der Waals surface area contributed by atoms with Crippen LogP contribution in [0.1, 0.15) is 25.7 Å². The Kier molecular flexibility index (Phi) is 6.20. The Morgan fingerprint density at radius 1 is 1.00 bits per heavy atom. The predicted octanol–water partition coefficient (Wildman–Crippen LogP) is 3.60. The highest BCUT2D eigenvalue weighted by molar-refractivity contribution is 6.39. The van der Waals surface area contributed by atoms with Crippen LogP contribution in [0.4, 0.5) is 5.69 Å². The molecule has 5 nitrogen and oxygen atoms in total. The fourth-order valence-corrected chi connectivity index (χ4v) is 3.98. The van der Waals surface area contributed by atoms with Crippen LogP contribution < -0.4 is 5.32 Å². The van der Waals surface area contributed by atoms with E-state index in [1.54, 1.807) is 18.2 Å². The second-order valence-electron chi connectivity index (χ2n) is 6.57. The van der Waals surface area contributed by atoms with Gasteiger partial charge in [0.25, 0.3) is 0 Å². The molecule has 0 unspecified atom stereocenters. The Morgan fingerprint density at radius 2 is 1.56 bits per heavy atom. The largest absolute Gasteiger partial charge is 0.378 e. The Balaban J connectivity index is 1.53. The van der Waals surface area contributed by atoms with Crippen LogP contribution in [0.3, 0.4) is 0 Å². The van der Waals surface area contributed by atoms with Gasteiger partial charge in [0.2, 0.25) is 11.8 Å². The van der Waals surface area contributed by atoms with Gasteiger partial charge in [-0.2, -0.15) is 0 Å². The zero-order valence-electron chi connectivity index (χ0n) is 14.0. The molecule has 2 amide bonds. The van der Waals surface area contributed by atoms with Crippen LogP contribution >= 0.6 is 23.2 Å². The van der Waals surface area contributed by atoms with Crippen LogP contribution in [0, 0.1) is 11.8 Å². The van der Waals surface area contributed by atoms with E-state index in [0.29, 0.717) is 54.9 Å². The number of benzene rings is 1. The lowest BCUT2D eigenvalue weighted by molar-refractivity contribution is -0.141. The molecular weight excluding hydrogens is 363 g/mol. The molecular formula is C18H22Cl2N2O3. The van der Waals surface area contributed by atoms with E-state index >= 15 is 0 Å². The van der Waals surface area contributed by atoms with E-state index in [4.69, 9.17) is 27.9 Å². The van der Waals surface area contributed by atoms with Gasteiger partial charge in [-0.05, 0) is 37.8 Å². The van der Waals surface area contributed by atoms with E-state index < -0.39 is 0 Å². The van der Waals surface area contributed by atoms with E-state index in [2.05, 4.69) is 5.32 Å². The lowest BCUT2D eigenvalue weighted by atomic mass is 9.81. The fraction of sp³-hybridized carbons (Fsp3) is 0.556. The first kappa shape index (κ1) is 18.5. The van der Waals surface area contributed by atoms with Crippen molar-refractivity contribution in [2.45, 2.75) is 25.7 Å². The number of carbonyl (C=O) groups is 2. The molecule has 1 aromatic rings. The minimum atomic E-state index is -0.110. The van der Waals surface area contributed by atoms with Crippen LogP contribution in [0.15, 0.2) is 18.2 Å². The molecule has 25 heavy (non-hydrogen) atoms. The molecule has 7 heteroatoms. The fourth-order valence-electron chi connectivity index (χ4n) is 3.49. The highest BCUT2D eigenvalue weighted by atomic mass is 35.5. The SMILES string of the molecule is O=C(Nc1c(Cl)cccc1Cl)C1CCC(C(=O)N2CCOCC2)CC1. The zero-order valence-corrected chi connectivity index (χ0v) is 15.5. The molecule has 1 aliphatic carbocycles. The summed E-state index contributed by atoms with van der Waals surface area (Å²) in [5, 5.41) is 3.70. The van der Waals surface area contributed by atoms with Gasteiger partial charge in [0.15, 0.2) is 0 Å². The van der Waals surface area contributed by atoms with Crippen molar-refractivity contribution >= 4 is 40.7 Å². The lowest BCUT2D eigenvalue weighted by Crippen LogP contribution is -2.44. The third kappa shape index (κ3) is 4.46. The first-order valence-corrected chi connectivity index (χ1v) is 9.43. The highest BCUT2D eigenvalue weighted by Gasteiger charge is 2.32. The van der Waals surface area contributed by atoms with Crippen molar-refractivity contribution in [3.8, 4) is 0 Å². The van der Waals surface area contributed by atoms with Gasteiger partial charge in [-0.15, -0.1) is 0 Å². The maximum absolute atomic E-state index is 12.5. The first-order valence-electron chi connectivity index (χ1n) is 8.67. The summed E-state index contributed by atoms with van der Waals surface area (Å²) in [6, 6.07) is 5.13. The summed E-state index contributed by atoms with van der Waals surface area (Å²) in [6.07, 6.45) is 2.89. The average molecular weight is 385 g/mol. The number of morpholine rings is 1. The monoisotopic (exact) mass is 384 g/mol. The van der Waals surface area contributed by atoms with Crippen molar-refractivity contribution in [2.75, 3.05) is 31.6 Å². The van der Waals surface area contributed by atoms with Gasteiger partial charge in [0.1, 0.15) is 0 Å². The third-order valence-corrected chi connectivity index (χ3v) is 5.61. The highest BCUT2D eigenvalue weighted by Crippen LogP contribution is 2.34. The van der Waals surface area contributed by atoms with E-state index in [-0.39, 0.29) is 23.7 Å². The van der Waals surface area contributed by atoms with Crippen molar-refractivity contribution in [3.63, 3.8) is 0 Å². The number of nitrogens with one attached hydrogen (secondary N) is 1. The number of hydrogen-bond donors (Lipinski definition) is 1. The molecule has 0 bridgehead atoms. The normalized spacial score (nSPS) is 24.0. The summed E-state index contributed by atoms with van der Waals surface area (Å²) in [7, 11) is 0. The second kappa shape index (κ2) is 8.39. The predicted molar refractivity (Wildman–Crippen MR) is 97.9 cm³/mol. The number of amides is 2. The Hall–Kier alpha value is -1.30. The number of ether oxygens (including phenoxy) is 1. The van der Waals surface area contributed by atoms with Crippen LogP contribution in [0.25, 0.3) is 0 Å². The molecule has 2 fully saturated rings. The maximum Gasteiger partial charge on any atom is 0.227 e. The Labute approximate surface area is 157 Å². The summed E-state index contributed by atoms with van der Waals surface area (Å²) >= 11 is 12.2. The maximum atomic E-state index is 12.5. The van der Waals surface area contributed by atoms with Gasteiger partial charge in [-0.3, -0.25) is 9.59 Å². The van der Waals surface area contributed by atoms with Crippen LogP contribution in [-0.2, 0) is 14.3 Å². The molecule has 1 saturated heterocycles. The van der Waals surface area contributed by atoms with Crippen LogP contribution in [-0.4, -0.2) is 43.0 Å². The lowest BCUT2D eigenvalue weighted by Gasteiger charge is -2.33. The quantitative estimate of drug-likeness (QED) is 0.865. The Morgan fingerprint density at radius 3 is 2.16 bits per heavy atom. The standard InChI is InChI=1S/C18H22Cl2N2O3/c19-14-2-1-3-15(20)16(14)21-17(23)12-4-6-13(7-5-12)18(24)22-8-10-25-11-9-22/h1-3,12-13H,4-11H2,(H,21,23). The van der Waals surface area contributed by atoms with Crippen LogP contribution in [0.5, 0.6) is 0 Å². The summed E-state index contributed by atoms with van der Waals surface area (Å²) < 4.78 is 5.29. The van der Waals surface area contributed by atoms with Gasteiger partial charge in [0.05, 0.1) is 28.9 Å². The van der Waals surface area contributed by atoms with Gasteiger partial charge in [0, 0.05) is 24.9 Å². The summed E-state index contributed by atoms with van der Waals surface area (Å²) in [6.45, 7) is 2.57. The van der Waals surface area contributed by atoms with Gasteiger partial charge in [-0.25, -0.2) is 0 Å². The molecule has 1 heterocycles. The van der Waals surface area contributed by atoms with E-state index in [1.807, 2.05) is 4.90 Å². The molecule has 1 saturated carbocycles. The summed E-state index contributed by atoms with van der Waals surface area (Å²) in [4.78, 5) is 26.9. The smallest absolute Gasteiger partial charge is 0.227 e. The van der Waals surface area contributed by atoms with Crippen molar-refractivity contribution < 1.29 is 14.3 Å². The molecule has 0 aromatic heterocycles. The average Bonchev–Trinajstić information content (AvgIpc) is 2.65. The number of halogens is 2. The Bertz CT molecular complexity index is 619. The molecule has 1 N–H and O–H groups in total. The minimum Gasteiger partial charge on any atom is -0.378 e. The molecule has 136 valence electrons. The van der Waals surface area contributed by atoms with Crippen molar-refractivity contribution in [3.05, 3.63) is 28.2 Å². The van der Waals surface area contributed by atoms with Crippen molar-refractivity contribution in [2.24, 2.45) is 11.8 Å². The number of anilines is 1. The molecule has 0 radical (unpaired) electrons. The molecule has 3 rings (SSSR count). The van der Waals surface area contributed by atoms with Crippen molar-refractivity contribution in [1.29, 1.82) is 0 Å². The van der Waals surface area contributed by atoms with E-state index in [1.165, 1.54) is 0 Å². The topological polar surface area (TPSA) is 58.6 Å². The van der Waals surface area contributed by atoms with Gasteiger partial charge < -0.3 is 15.0 Å². The summed E-state index contributed by atoms with van der Waals surface area (Å²) in [5.41, 5.74) is 0.461. The number of hydrogen-bond acceptors (Lipinski definition) is 3. The van der Waals surface area contributed by atoms with E-state index in [0.717, 1.165) is 12.8 Å². The van der Waals surface area contributed by atoms with E-state index in [9.17, 15) is 9.59 Å². The molecule has 2 aliphatic rings. The van der Waals surface area contributed by atoms with Crippen molar-refractivity contribution in [1.82, 2.24) is 4.90 Å². The minimum absolute atomic E-state index is 0.0195. The number of rotatable bonds is 3. The van der Waals surface area contributed by atoms with Gasteiger partial charge >= 0.3 is 0 Å². The molecule has 0 atom stereocenters. The molecule has 1 aromatic carbocycles. The second-order valence-corrected chi connectivity index (χ2v) is 7.39. The number of carbonyl (C=O) groups excluding carboxylic acids is 2. The molecule has 1 aliphatic heterocycles. The first-order chi connectivity index (χ1) is 12.1. The third-order valence-electron chi connectivity index (χ3n) is 4.98. The summed E-state index contributed by atoms with van der Waals surface area (Å²) in [5.74, 6) is 0.0377. The molecule has 0 spiro atoms. The zero-order chi connectivity index (χ0) is 17.8. The number of nitrogens with zero attached hydrogens (tertiary/aromatic N) is 1. The van der Waals surface area contributed by atoms with Gasteiger partial charge in [-0.1, -0.05) is 29.3 Å². The number of para-hydroxylation sites is 1. The van der Waals surface area contributed by atoms with Crippen LogP contribution in [0.2, 0.25) is 10.0 Å².